The Morgan fingerprint density at radius 3 is 2.76 bits per heavy atom. The van der Waals surface area contributed by atoms with Gasteiger partial charge in [0.25, 0.3) is 5.91 Å². The standard InChI is InChI=1S/C15H20N2O4/c1-4-21-15(2,3)10-17-14(20)12-7-11(8-16-9-12)5-6-13(18)19/h5-9H,4,10H2,1-3H3,(H,17,20)(H,18,19)/b6-5+. The Morgan fingerprint density at radius 2 is 2.14 bits per heavy atom. The average Bonchev–Trinajstić information content (AvgIpc) is 2.43. The lowest BCUT2D eigenvalue weighted by atomic mass is 10.1. The van der Waals surface area contributed by atoms with Crippen LogP contribution in [0.15, 0.2) is 24.5 Å². The van der Waals surface area contributed by atoms with E-state index in [1.807, 2.05) is 20.8 Å². The van der Waals surface area contributed by atoms with E-state index in [0.29, 0.717) is 24.3 Å². The first-order valence-electron chi connectivity index (χ1n) is 6.62. The van der Waals surface area contributed by atoms with Crippen LogP contribution in [0, 0.1) is 0 Å². The van der Waals surface area contributed by atoms with Gasteiger partial charge in [-0.25, -0.2) is 4.79 Å². The number of hydrogen-bond acceptors (Lipinski definition) is 4. The Bertz CT molecular complexity index is 538. The van der Waals surface area contributed by atoms with Gasteiger partial charge in [-0.2, -0.15) is 0 Å². The Hall–Kier alpha value is -2.21. The van der Waals surface area contributed by atoms with Gasteiger partial charge in [-0.3, -0.25) is 9.78 Å². The minimum atomic E-state index is -1.05. The lowest BCUT2D eigenvalue weighted by molar-refractivity contribution is -0.131. The number of aromatic nitrogens is 1. The second kappa shape index (κ2) is 7.54. The summed E-state index contributed by atoms with van der Waals surface area (Å²) in [5.74, 6) is -1.33. The molecule has 6 nitrogen and oxygen atoms in total. The van der Waals surface area contributed by atoms with Crippen LogP contribution in [0.1, 0.15) is 36.7 Å². The molecule has 1 heterocycles. The maximum Gasteiger partial charge on any atom is 0.328 e. The molecule has 0 bridgehead atoms. The van der Waals surface area contributed by atoms with Gasteiger partial charge in [0.1, 0.15) is 0 Å². The molecule has 0 aromatic carbocycles. The Kier molecular flexibility index (Phi) is 6.05. The van der Waals surface area contributed by atoms with Crippen LogP contribution in [0.25, 0.3) is 6.08 Å². The molecule has 21 heavy (non-hydrogen) atoms. The van der Waals surface area contributed by atoms with Gasteiger partial charge in [0.2, 0.25) is 0 Å². The van der Waals surface area contributed by atoms with Crippen molar-refractivity contribution in [3.63, 3.8) is 0 Å². The summed E-state index contributed by atoms with van der Waals surface area (Å²) in [6.45, 7) is 6.61. The summed E-state index contributed by atoms with van der Waals surface area (Å²) in [6.07, 6.45) is 5.30. The molecule has 0 aliphatic rings. The molecule has 0 aliphatic heterocycles. The molecule has 0 fully saturated rings. The van der Waals surface area contributed by atoms with E-state index in [-0.39, 0.29) is 5.91 Å². The largest absolute Gasteiger partial charge is 0.478 e. The molecule has 2 N–H and O–H groups in total. The summed E-state index contributed by atoms with van der Waals surface area (Å²) in [5.41, 5.74) is 0.475. The van der Waals surface area contributed by atoms with Gasteiger partial charge in [-0.1, -0.05) is 0 Å². The highest BCUT2D eigenvalue weighted by atomic mass is 16.5. The first kappa shape index (κ1) is 16.8. The molecule has 0 saturated carbocycles. The zero-order valence-corrected chi connectivity index (χ0v) is 12.4. The molecule has 1 rings (SSSR count). The summed E-state index contributed by atoms with van der Waals surface area (Å²) in [7, 11) is 0. The molecule has 6 heteroatoms. The highest BCUT2D eigenvalue weighted by molar-refractivity contribution is 5.94. The van der Waals surface area contributed by atoms with Crippen molar-refractivity contribution >= 4 is 18.0 Å². The van der Waals surface area contributed by atoms with Crippen LogP contribution in [0.2, 0.25) is 0 Å². The fourth-order valence-corrected chi connectivity index (χ4v) is 1.68. The van der Waals surface area contributed by atoms with Crippen LogP contribution in [-0.4, -0.2) is 40.7 Å². The van der Waals surface area contributed by atoms with Gasteiger partial charge in [0, 0.05) is 31.6 Å². The third-order valence-electron chi connectivity index (χ3n) is 2.65. The summed E-state index contributed by atoms with van der Waals surface area (Å²) in [5, 5.41) is 11.3. The van der Waals surface area contributed by atoms with Gasteiger partial charge in [0.15, 0.2) is 0 Å². The second-order valence-corrected chi connectivity index (χ2v) is 5.05. The van der Waals surface area contributed by atoms with E-state index in [1.165, 1.54) is 18.5 Å². The first-order valence-corrected chi connectivity index (χ1v) is 6.62. The van der Waals surface area contributed by atoms with E-state index in [0.717, 1.165) is 6.08 Å². The number of amides is 1. The van der Waals surface area contributed by atoms with Crippen molar-refractivity contribution in [3.05, 3.63) is 35.7 Å². The number of nitrogens with zero attached hydrogens (tertiary/aromatic N) is 1. The summed E-state index contributed by atoms with van der Waals surface area (Å²) >= 11 is 0. The van der Waals surface area contributed by atoms with Crippen molar-refractivity contribution in [2.24, 2.45) is 0 Å². The Morgan fingerprint density at radius 1 is 1.43 bits per heavy atom. The van der Waals surface area contributed by atoms with Crippen LogP contribution in [0.3, 0.4) is 0 Å². The fraction of sp³-hybridized carbons (Fsp3) is 0.400. The number of ether oxygens (including phenoxy) is 1. The number of carboxylic acid groups (broad SMARTS) is 1. The predicted molar refractivity (Wildman–Crippen MR) is 78.9 cm³/mol. The maximum atomic E-state index is 12.0. The highest BCUT2D eigenvalue weighted by Gasteiger charge is 2.19. The molecule has 1 aromatic rings. The normalized spacial score (nSPS) is 11.6. The van der Waals surface area contributed by atoms with Crippen LogP contribution in [0.4, 0.5) is 0 Å². The molecular weight excluding hydrogens is 272 g/mol. The number of carbonyl (C=O) groups is 2. The molecule has 1 aromatic heterocycles. The molecule has 0 unspecified atom stereocenters. The third-order valence-corrected chi connectivity index (χ3v) is 2.65. The van der Waals surface area contributed by atoms with Crippen molar-refractivity contribution < 1.29 is 19.4 Å². The van der Waals surface area contributed by atoms with Crippen molar-refractivity contribution in [3.8, 4) is 0 Å². The summed E-state index contributed by atoms with van der Waals surface area (Å²) in [4.78, 5) is 26.4. The summed E-state index contributed by atoms with van der Waals surface area (Å²) < 4.78 is 5.50. The number of carbonyl (C=O) groups excluding carboxylic acids is 1. The molecule has 0 atom stereocenters. The second-order valence-electron chi connectivity index (χ2n) is 5.05. The predicted octanol–water partition coefficient (Wildman–Crippen LogP) is 1.72. The van der Waals surface area contributed by atoms with Crippen molar-refractivity contribution in [2.75, 3.05) is 13.2 Å². The summed E-state index contributed by atoms with van der Waals surface area (Å²) in [6, 6.07) is 1.58. The Labute approximate surface area is 123 Å². The molecule has 0 saturated heterocycles. The van der Waals surface area contributed by atoms with Gasteiger partial charge < -0.3 is 15.2 Å². The van der Waals surface area contributed by atoms with Gasteiger partial charge >= 0.3 is 5.97 Å². The average molecular weight is 292 g/mol. The van der Waals surface area contributed by atoms with Crippen molar-refractivity contribution in [2.45, 2.75) is 26.4 Å². The Balaban J connectivity index is 2.70. The number of hydrogen-bond donors (Lipinski definition) is 2. The number of rotatable bonds is 7. The molecule has 114 valence electrons. The van der Waals surface area contributed by atoms with Gasteiger partial charge in [-0.15, -0.1) is 0 Å². The number of pyridine rings is 1. The van der Waals surface area contributed by atoms with E-state index in [2.05, 4.69) is 10.3 Å². The monoisotopic (exact) mass is 292 g/mol. The lowest BCUT2D eigenvalue weighted by Crippen LogP contribution is -2.40. The van der Waals surface area contributed by atoms with Gasteiger partial charge in [0.05, 0.1) is 11.2 Å². The molecule has 0 aliphatic carbocycles. The minimum Gasteiger partial charge on any atom is -0.478 e. The zero-order valence-electron chi connectivity index (χ0n) is 12.4. The third kappa shape index (κ3) is 6.18. The fourth-order valence-electron chi connectivity index (χ4n) is 1.68. The number of carboxylic acids is 1. The molecule has 0 radical (unpaired) electrons. The van der Waals surface area contributed by atoms with Crippen LogP contribution >= 0.6 is 0 Å². The van der Waals surface area contributed by atoms with E-state index in [1.54, 1.807) is 6.07 Å². The van der Waals surface area contributed by atoms with Crippen LogP contribution < -0.4 is 5.32 Å². The molecular formula is C15H20N2O4. The van der Waals surface area contributed by atoms with E-state index in [4.69, 9.17) is 9.84 Å². The van der Waals surface area contributed by atoms with E-state index < -0.39 is 11.6 Å². The van der Waals surface area contributed by atoms with E-state index in [9.17, 15) is 9.59 Å². The van der Waals surface area contributed by atoms with Crippen LogP contribution in [0.5, 0.6) is 0 Å². The number of aliphatic carboxylic acids is 1. The van der Waals surface area contributed by atoms with Gasteiger partial charge in [-0.05, 0) is 38.5 Å². The quantitative estimate of drug-likeness (QED) is 0.747. The zero-order chi connectivity index (χ0) is 15.9. The topological polar surface area (TPSA) is 88.5 Å². The molecule has 0 spiro atoms. The van der Waals surface area contributed by atoms with Crippen molar-refractivity contribution in [1.82, 2.24) is 10.3 Å². The number of nitrogens with one attached hydrogen (secondary N) is 1. The lowest BCUT2D eigenvalue weighted by Gasteiger charge is -2.24. The first-order chi connectivity index (χ1) is 9.84. The highest BCUT2D eigenvalue weighted by Crippen LogP contribution is 2.09. The maximum absolute atomic E-state index is 12.0. The molecule has 1 amide bonds. The smallest absolute Gasteiger partial charge is 0.328 e. The van der Waals surface area contributed by atoms with Crippen LogP contribution in [-0.2, 0) is 9.53 Å². The SMILES string of the molecule is CCOC(C)(C)CNC(=O)c1cncc(/C=C/C(=O)O)c1. The minimum absolute atomic E-state index is 0.277. The van der Waals surface area contributed by atoms with E-state index >= 15 is 0 Å². The van der Waals surface area contributed by atoms with Crippen molar-refractivity contribution in [1.29, 1.82) is 0 Å².